The molecule has 6 heteroatoms. The fraction of sp³-hybridized carbons (Fsp3) is 0.222. The molecule has 0 aliphatic heterocycles. The minimum absolute atomic E-state index is 0.00407. The van der Waals surface area contributed by atoms with Crippen molar-refractivity contribution in [2.24, 2.45) is 0 Å². The lowest BCUT2D eigenvalue weighted by Crippen LogP contribution is -2.08. The van der Waals surface area contributed by atoms with Crippen LogP contribution in [0.4, 0.5) is 11.4 Å². The highest BCUT2D eigenvalue weighted by Crippen LogP contribution is 2.36. The number of phenolic OH excluding ortho intramolecular Hbond substituents is 1. The first-order valence-electron chi connectivity index (χ1n) is 4.18. The molecule has 80 valence electrons. The third-order valence-corrected chi connectivity index (χ3v) is 1.85. The maximum absolute atomic E-state index is 10.8. The lowest BCUT2D eigenvalue weighted by Gasteiger charge is -2.06. The molecule has 1 aromatic carbocycles. The second-order valence-electron chi connectivity index (χ2n) is 3.07. The Labute approximate surface area is 85.7 Å². The van der Waals surface area contributed by atoms with Gasteiger partial charge in [-0.05, 0) is 18.6 Å². The Morgan fingerprint density at radius 3 is 2.60 bits per heavy atom. The van der Waals surface area contributed by atoms with Gasteiger partial charge in [0, 0.05) is 6.92 Å². The Balaban J connectivity index is 3.33. The van der Waals surface area contributed by atoms with Gasteiger partial charge in [-0.15, -0.1) is 0 Å². The summed E-state index contributed by atoms with van der Waals surface area (Å²) in [5.74, 6) is -0.854. The zero-order valence-electron chi connectivity index (χ0n) is 8.27. The quantitative estimate of drug-likeness (QED) is 0.572. The molecule has 0 aliphatic rings. The van der Waals surface area contributed by atoms with Crippen molar-refractivity contribution < 1.29 is 14.8 Å². The van der Waals surface area contributed by atoms with Crippen molar-refractivity contribution in [1.29, 1.82) is 0 Å². The van der Waals surface area contributed by atoms with Gasteiger partial charge < -0.3 is 10.4 Å². The highest BCUT2D eigenvalue weighted by Gasteiger charge is 2.21. The maximum Gasteiger partial charge on any atom is 0.334 e. The summed E-state index contributed by atoms with van der Waals surface area (Å²) in [6.45, 7) is 2.78. The molecule has 0 fully saturated rings. The van der Waals surface area contributed by atoms with Gasteiger partial charge >= 0.3 is 5.69 Å². The SMILES string of the molecule is CC(=O)Nc1ccc(C)c(O)c1[N+](=O)[O-]. The fourth-order valence-corrected chi connectivity index (χ4v) is 1.16. The van der Waals surface area contributed by atoms with Crippen molar-refractivity contribution >= 4 is 17.3 Å². The van der Waals surface area contributed by atoms with Crippen molar-refractivity contribution in [2.75, 3.05) is 5.32 Å². The van der Waals surface area contributed by atoms with Crippen molar-refractivity contribution in [2.45, 2.75) is 13.8 Å². The highest BCUT2D eigenvalue weighted by atomic mass is 16.6. The molecule has 6 nitrogen and oxygen atoms in total. The van der Waals surface area contributed by atoms with E-state index in [-0.39, 0.29) is 5.69 Å². The number of amides is 1. The predicted octanol–water partition coefficient (Wildman–Crippen LogP) is 1.57. The molecule has 0 atom stereocenters. The lowest BCUT2D eigenvalue weighted by atomic mass is 10.1. The molecule has 0 saturated carbocycles. The largest absolute Gasteiger partial charge is 0.502 e. The zero-order chi connectivity index (χ0) is 11.6. The van der Waals surface area contributed by atoms with Gasteiger partial charge in [-0.2, -0.15) is 0 Å². The number of nitrogens with zero attached hydrogens (tertiary/aromatic N) is 1. The summed E-state index contributed by atoms with van der Waals surface area (Å²) in [5.41, 5.74) is -0.100. The van der Waals surface area contributed by atoms with Crippen molar-refractivity contribution in [3.8, 4) is 5.75 Å². The molecular weight excluding hydrogens is 200 g/mol. The van der Waals surface area contributed by atoms with E-state index in [9.17, 15) is 20.0 Å². The van der Waals surface area contributed by atoms with Crippen LogP contribution in [0.1, 0.15) is 12.5 Å². The summed E-state index contributed by atoms with van der Waals surface area (Å²) in [4.78, 5) is 20.7. The van der Waals surface area contributed by atoms with Crippen molar-refractivity contribution in [3.05, 3.63) is 27.8 Å². The Kier molecular flexibility index (Phi) is 2.89. The number of benzene rings is 1. The Morgan fingerprint density at radius 1 is 1.53 bits per heavy atom. The Morgan fingerprint density at radius 2 is 2.13 bits per heavy atom. The van der Waals surface area contributed by atoms with Crippen LogP contribution in [-0.4, -0.2) is 15.9 Å². The first kappa shape index (κ1) is 11.0. The van der Waals surface area contributed by atoms with Gasteiger partial charge in [-0.1, -0.05) is 6.07 Å². The molecule has 15 heavy (non-hydrogen) atoms. The molecule has 0 unspecified atom stereocenters. The van der Waals surface area contributed by atoms with E-state index < -0.39 is 22.3 Å². The fourth-order valence-electron chi connectivity index (χ4n) is 1.16. The summed E-state index contributed by atoms with van der Waals surface area (Å²) in [6, 6.07) is 2.88. The molecule has 1 amide bonds. The third-order valence-electron chi connectivity index (χ3n) is 1.85. The summed E-state index contributed by atoms with van der Waals surface area (Å²) >= 11 is 0. The van der Waals surface area contributed by atoms with Gasteiger partial charge in [0.25, 0.3) is 0 Å². The number of phenols is 1. The summed E-state index contributed by atoms with van der Waals surface area (Å²) in [7, 11) is 0. The normalized spacial score (nSPS) is 9.73. The highest BCUT2D eigenvalue weighted by molar-refractivity contribution is 5.92. The van der Waals surface area contributed by atoms with E-state index in [1.54, 1.807) is 6.92 Å². The maximum atomic E-state index is 10.8. The topological polar surface area (TPSA) is 92.5 Å². The van der Waals surface area contributed by atoms with E-state index in [0.717, 1.165) is 0 Å². The molecule has 1 aromatic rings. The number of nitro groups is 1. The van der Waals surface area contributed by atoms with Gasteiger partial charge in [-0.3, -0.25) is 14.9 Å². The third kappa shape index (κ3) is 2.22. The number of rotatable bonds is 2. The summed E-state index contributed by atoms with van der Waals surface area (Å²) in [6.07, 6.45) is 0. The van der Waals surface area contributed by atoms with E-state index >= 15 is 0 Å². The van der Waals surface area contributed by atoms with Gasteiger partial charge in [-0.25, -0.2) is 0 Å². The molecule has 0 aromatic heterocycles. The van der Waals surface area contributed by atoms with Crippen LogP contribution in [0.5, 0.6) is 5.75 Å². The van der Waals surface area contributed by atoms with Crippen LogP contribution in [-0.2, 0) is 4.79 Å². The molecule has 1 rings (SSSR count). The Hall–Kier alpha value is -2.11. The monoisotopic (exact) mass is 210 g/mol. The number of nitrogens with one attached hydrogen (secondary N) is 1. The average molecular weight is 210 g/mol. The number of carbonyl (C=O) groups excluding carboxylic acids is 1. The van der Waals surface area contributed by atoms with E-state index in [2.05, 4.69) is 5.32 Å². The van der Waals surface area contributed by atoms with E-state index in [4.69, 9.17) is 0 Å². The summed E-state index contributed by atoms with van der Waals surface area (Å²) in [5, 5.41) is 22.4. The molecular formula is C9H10N2O4. The van der Waals surface area contributed by atoms with Crippen LogP contribution < -0.4 is 5.32 Å². The first-order chi connectivity index (χ1) is 6.93. The number of hydrogen-bond acceptors (Lipinski definition) is 4. The second-order valence-corrected chi connectivity index (χ2v) is 3.07. The van der Waals surface area contributed by atoms with Crippen LogP contribution in [0.25, 0.3) is 0 Å². The predicted molar refractivity (Wildman–Crippen MR) is 53.8 cm³/mol. The summed E-state index contributed by atoms with van der Waals surface area (Å²) < 4.78 is 0. The van der Waals surface area contributed by atoms with Crippen molar-refractivity contribution in [3.63, 3.8) is 0 Å². The molecule has 0 heterocycles. The molecule has 0 aliphatic carbocycles. The Bertz CT molecular complexity index is 428. The minimum Gasteiger partial charge on any atom is -0.502 e. The standard InChI is InChI=1S/C9H10N2O4/c1-5-3-4-7(10-6(2)12)8(9(5)13)11(14)15/h3-4,13H,1-2H3,(H,10,12). The lowest BCUT2D eigenvalue weighted by molar-refractivity contribution is -0.385. The number of hydrogen-bond donors (Lipinski definition) is 2. The van der Waals surface area contributed by atoms with Gasteiger partial charge in [0.1, 0.15) is 5.69 Å². The van der Waals surface area contributed by atoms with E-state index in [1.807, 2.05) is 0 Å². The number of aryl methyl sites for hydroxylation is 1. The number of aromatic hydroxyl groups is 1. The second kappa shape index (κ2) is 3.95. The van der Waals surface area contributed by atoms with Crippen LogP contribution in [0.15, 0.2) is 12.1 Å². The van der Waals surface area contributed by atoms with Gasteiger partial charge in [0.2, 0.25) is 5.91 Å². The van der Waals surface area contributed by atoms with Crippen LogP contribution in [0.3, 0.4) is 0 Å². The average Bonchev–Trinajstić information content (AvgIpc) is 2.10. The number of carbonyl (C=O) groups is 1. The van der Waals surface area contributed by atoms with Gasteiger partial charge in [0.05, 0.1) is 4.92 Å². The van der Waals surface area contributed by atoms with Crippen LogP contribution >= 0.6 is 0 Å². The first-order valence-corrected chi connectivity index (χ1v) is 4.18. The molecule has 0 saturated heterocycles. The smallest absolute Gasteiger partial charge is 0.334 e. The molecule has 0 spiro atoms. The van der Waals surface area contributed by atoms with E-state index in [0.29, 0.717) is 5.56 Å². The van der Waals surface area contributed by atoms with Crippen LogP contribution in [0, 0.1) is 17.0 Å². The molecule has 0 bridgehead atoms. The van der Waals surface area contributed by atoms with Crippen LogP contribution in [0.2, 0.25) is 0 Å². The zero-order valence-corrected chi connectivity index (χ0v) is 8.27. The van der Waals surface area contributed by atoms with Gasteiger partial charge in [0.15, 0.2) is 5.75 Å². The minimum atomic E-state index is -0.729. The number of anilines is 1. The molecule has 2 N–H and O–H groups in total. The number of nitro benzene ring substituents is 1. The van der Waals surface area contributed by atoms with Crippen molar-refractivity contribution in [1.82, 2.24) is 0 Å². The van der Waals surface area contributed by atoms with E-state index in [1.165, 1.54) is 19.1 Å². The molecule has 0 radical (unpaired) electrons.